The number of hydrogen-bond acceptors (Lipinski definition) is 5. The largest absolute Gasteiger partial charge is 0.493 e. The number of anilines is 1. The van der Waals surface area contributed by atoms with Crippen LogP contribution in [0.5, 0.6) is 5.75 Å². The Bertz CT molecular complexity index is 829. The molecule has 0 fully saturated rings. The van der Waals surface area contributed by atoms with Crippen molar-refractivity contribution in [1.82, 2.24) is 15.0 Å². The number of benzene rings is 1. The summed E-state index contributed by atoms with van der Waals surface area (Å²) in [6.07, 6.45) is 6.12. The van der Waals surface area contributed by atoms with Crippen molar-refractivity contribution in [2.45, 2.75) is 13.0 Å². The molecule has 22 heavy (non-hydrogen) atoms. The summed E-state index contributed by atoms with van der Waals surface area (Å²) in [6.45, 7) is 1.58. The van der Waals surface area contributed by atoms with E-state index >= 15 is 0 Å². The van der Waals surface area contributed by atoms with Gasteiger partial charge in [-0.1, -0.05) is 12.1 Å². The summed E-state index contributed by atoms with van der Waals surface area (Å²) < 4.78 is 5.56. The Balaban J connectivity index is 1.65. The maximum atomic E-state index is 5.56. The van der Waals surface area contributed by atoms with E-state index in [4.69, 9.17) is 4.74 Å². The third kappa shape index (κ3) is 2.24. The first-order valence-corrected chi connectivity index (χ1v) is 7.32. The van der Waals surface area contributed by atoms with Crippen LogP contribution in [0.15, 0.2) is 43.0 Å². The Morgan fingerprint density at radius 1 is 1.23 bits per heavy atom. The Hall–Kier alpha value is -2.69. The van der Waals surface area contributed by atoms with Gasteiger partial charge in [0.1, 0.15) is 17.9 Å². The molecular weight excluding hydrogens is 276 g/mol. The number of rotatable bonds is 3. The minimum Gasteiger partial charge on any atom is -0.493 e. The monoisotopic (exact) mass is 292 g/mol. The molecule has 0 spiro atoms. The molecule has 0 radical (unpaired) electrons. The van der Waals surface area contributed by atoms with E-state index in [1.807, 2.05) is 13.1 Å². The molecule has 0 bridgehead atoms. The molecule has 5 heteroatoms. The highest BCUT2D eigenvalue weighted by Crippen LogP contribution is 2.27. The van der Waals surface area contributed by atoms with Crippen molar-refractivity contribution in [3.8, 4) is 5.75 Å². The summed E-state index contributed by atoms with van der Waals surface area (Å²) in [5.41, 5.74) is 3.41. The van der Waals surface area contributed by atoms with Crippen molar-refractivity contribution < 1.29 is 4.74 Å². The number of aromatic nitrogens is 3. The van der Waals surface area contributed by atoms with Gasteiger partial charge >= 0.3 is 0 Å². The summed E-state index contributed by atoms with van der Waals surface area (Å²) in [4.78, 5) is 15.0. The first-order valence-electron chi connectivity index (χ1n) is 7.32. The molecule has 110 valence electrons. The highest BCUT2D eigenvalue weighted by Gasteiger charge is 2.14. The van der Waals surface area contributed by atoms with Crippen LogP contribution in [-0.4, -0.2) is 28.6 Å². The summed E-state index contributed by atoms with van der Waals surface area (Å²) in [5.74, 6) is 1.94. The standard InChI is InChI=1S/C17H16N4O/c1-21(10-12-2-3-16-13(8-12)5-7-22-16)17-14-4-6-18-9-15(14)19-11-20-17/h2-4,6,8-9,11H,5,7,10H2,1H3. The van der Waals surface area contributed by atoms with Crippen molar-refractivity contribution in [3.05, 3.63) is 54.1 Å². The second-order valence-corrected chi connectivity index (χ2v) is 5.49. The summed E-state index contributed by atoms with van der Waals surface area (Å²) in [5, 5.41) is 1.02. The lowest BCUT2D eigenvalue weighted by Crippen LogP contribution is -2.18. The van der Waals surface area contributed by atoms with Crippen molar-refractivity contribution in [3.63, 3.8) is 0 Å². The number of fused-ring (bicyclic) bond motifs is 2. The number of hydrogen-bond donors (Lipinski definition) is 0. The van der Waals surface area contributed by atoms with Crippen LogP contribution in [0.1, 0.15) is 11.1 Å². The number of nitrogens with zero attached hydrogens (tertiary/aromatic N) is 4. The first kappa shape index (κ1) is 13.0. The highest BCUT2D eigenvalue weighted by molar-refractivity contribution is 5.88. The maximum absolute atomic E-state index is 5.56. The Morgan fingerprint density at radius 3 is 3.14 bits per heavy atom. The van der Waals surface area contributed by atoms with Crippen LogP contribution in [0, 0.1) is 0 Å². The Labute approximate surface area is 128 Å². The van der Waals surface area contributed by atoms with Crippen molar-refractivity contribution in [1.29, 1.82) is 0 Å². The summed E-state index contributed by atoms with van der Waals surface area (Å²) in [6, 6.07) is 8.36. The average molecular weight is 292 g/mol. The van der Waals surface area contributed by atoms with Gasteiger partial charge in [-0.25, -0.2) is 9.97 Å². The van der Waals surface area contributed by atoms with E-state index in [2.05, 4.69) is 38.1 Å². The molecule has 0 atom stereocenters. The van der Waals surface area contributed by atoms with Gasteiger partial charge in [0.05, 0.1) is 18.3 Å². The SMILES string of the molecule is CN(Cc1ccc2c(c1)CCO2)c1ncnc2cnccc12. The molecule has 3 aromatic rings. The molecule has 0 N–H and O–H groups in total. The van der Waals surface area contributed by atoms with Gasteiger partial charge in [0, 0.05) is 31.6 Å². The second-order valence-electron chi connectivity index (χ2n) is 5.49. The lowest BCUT2D eigenvalue weighted by atomic mass is 10.1. The van der Waals surface area contributed by atoms with Gasteiger partial charge in [-0.05, 0) is 23.3 Å². The van der Waals surface area contributed by atoms with Gasteiger partial charge < -0.3 is 9.64 Å². The number of pyridine rings is 1. The number of ether oxygens (including phenoxy) is 1. The van der Waals surface area contributed by atoms with Crippen LogP contribution < -0.4 is 9.64 Å². The van der Waals surface area contributed by atoms with Gasteiger partial charge in [-0.3, -0.25) is 4.98 Å². The predicted molar refractivity (Wildman–Crippen MR) is 85.1 cm³/mol. The summed E-state index contributed by atoms with van der Waals surface area (Å²) in [7, 11) is 2.05. The third-order valence-electron chi connectivity index (χ3n) is 3.95. The van der Waals surface area contributed by atoms with Gasteiger partial charge in [-0.15, -0.1) is 0 Å². The molecule has 1 aromatic carbocycles. The molecule has 1 aliphatic heterocycles. The predicted octanol–water partition coefficient (Wildman–Crippen LogP) is 2.60. The smallest absolute Gasteiger partial charge is 0.140 e. The molecule has 0 unspecified atom stereocenters. The Morgan fingerprint density at radius 2 is 2.18 bits per heavy atom. The highest BCUT2D eigenvalue weighted by atomic mass is 16.5. The third-order valence-corrected chi connectivity index (χ3v) is 3.95. The fraction of sp³-hybridized carbons (Fsp3) is 0.235. The van der Waals surface area contributed by atoms with E-state index in [1.54, 1.807) is 18.7 Å². The van der Waals surface area contributed by atoms with Crippen LogP contribution in [0.4, 0.5) is 5.82 Å². The van der Waals surface area contributed by atoms with Gasteiger partial charge in [-0.2, -0.15) is 0 Å². The average Bonchev–Trinajstić information content (AvgIpc) is 3.02. The van der Waals surface area contributed by atoms with Crippen molar-refractivity contribution in [2.75, 3.05) is 18.6 Å². The molecule has 4 rings (SSSR count). The van der Waals surface area contributed by atoms with Gasteiger partial charge in [0.2, 0.25) is 0 Å². The molecule has 5 nitrogen and oxygen atoms in total. The van der Waals surface area contributed by atoms with E-state index in [9.17, 15) is 0 Å². The lowest BCUT2D eigenvalue weighted by Gasteiger charge is -2.19. The van der Waals surface area contributed by atoms with Crippen LogP contribution in [0.25, 0.3) is 10.9 Å². The maximum Gasteiger partial charge on any atom is 0.140 e. The van der Waals surface area contributed by atoms with Crippen LogP contribution in [-0.2, 0) is 13.0 Å². The van der Waals surface area contributed by atoms with Crippen molar-refractivity contribution >= 4 is 16.7 Å². The molecule has 0 aliphatic carbocycles. The molecule has 0 saturated carbocycles. The molecule has 1 aliphatic rings. The zero-order chi connectivity index (χ0) is 14.9. The molecular formula is C17H16N4O. The quantitative estimate of drug-likeness (QED) is 0.742. The van der Waals surface area contributed by atoms with Crippen LogP contribution in [0.2, 0.25) is 0 Å². The van der Waals surface area contributed by atoms with Gasteiger partial charge in [0.25, 0.3) is 0 Å². The Kier molecular flexibility index (Phi) is 3.11. The zero-order valence-electron chi connectivity index (χ0n) is 12.4. The van der Waals surface area contributed by atoms with Crippen molar-refractivity contribution in [2.24, 2.45) is 0 Å². The van der Waals surface area contributed by atoms with E-state index < -0.39 is 0 Å². The molecule has 2 aromatic heterocycles. The summed E-state index contributed by atoms with van der Waals surface area (Å²) >= 11 is 0. The van der Waals surface area contributed by atoms with E-state index in [-0.39, 0.29) is 0 Å². The van der Waals surface area contributed by atoms with E-state index in [0.717, 1.165) is 42.0 Å². The zero-order valence-corrected chi connectivity index (χ0v) is 12.4. The fourth-order valence-corrected chi connectivity index (χ4v) is 2.88. The normalized spacial score (nSPS) is 13.0. The van der Waals surface area contributed by atoms with E-state index in [1.165, 1.54) is 11.1 Å². The topological polar surface area (TPSA) is 51.1 Å². The van der Waals surface area contributed by atoms with E-state index in [0.29, 0.717) is 0 Å². The molecule has 0 amide bonds. The van der Waals surface area contributed by atoms with Gasteiger partial charge in [0.15, 0.2) is 0 Å². The van der Waals surface area contributed by atoms with Crippen LogP contribution in [0.3, 0.4) is 0 Å². The molecule has 0 saturated heterocycles. The minimum atomic E-state index is 0.790. The van der Waals surface area contributed by atoms with Crippen LogP contribution >= 0.6 is 0 Å². The second kappa shape index (κ2) is 5.26. The first-order chi connectivity index (χ1) is 10.8. The molecule has 3 heterocycles. The fourth-order valence-electron chi connectivity index (χ4n) is 2.88. The minimum absolute atomic E-state index is 0.790. The lowest BCUT2D eigenvalue weighted by molar-refractivity contribution is 0.357.